The predicted molar refractivity (Wildman–Crippen MR) is 69.9 cm³/mol. The van der Waals surface area contributed by atoms with Gasteiger partial charge in [0.2, 0.25) is 0 Å². The Kier molecular flexibility index (Phi) is 4.78. The average molecular weight is 277 g/mol. The fourth-order valence-electron chi connectivity index (χ4n) is 2.21. The van der Waals surface area contributed by atoms with E-state index in [0.717, 1.165) is 12.8 Å². The lowest BCUT2D eigenvalue weighted by Gasteiger charge is -2.28. The van der Waals surface area contributed by atoms with Gasteiger partial charge in [0.1, 0.15) is 11.4 Å². The Balaban J connectivity index is 2.67. The lowest BCUT2D eigenvalue weighted by molar-refractivity contribution is -0.151. The monoisotopic (exact) mass is 277 g/mol. The molecule has 0 radical (unpaired) electrons. The maximum Gasteiger partial charge on any atom is 0.321 e. The van der Waals surface area contributed by atoms with Crippen molar-refractivity contribution in [3.63, 3.8) is 0 Å². The van der Waals surface area contributed by atoms with Crippen LogP contribution >= 0.6 is 0 Å². The second kappa shape index (κ2) is 5.57. The maximum absolute atomic E-state index is 12.1. The summed E-state index contributed by atoms with van der Waals surface area (Å²) in [4.78, 5) is 11.6. The van der Waals surface area contributed by atoms with Crippen LogP contribution in [0.1, 0.15) is 46.5 Å². The summed E-state index contributed by atoms with van der Waals surface area (Å²) >= 11 is 0. The van der Waals surface area contributed by atoms with Gasteiger partial charge in [-0.15, -0.1) is 0 Å². The molecule has 0 aromatic rings. The molecule has 18 heavy (non-hydrogen) atoms. The molecule has 5 nitrogen and oxygen atoms in total. The Labute approximate surface area is 109 Å². The third-order valence-corrected chi connectivity index (χ3v) is 5.10. The fraction of sp³-hybridized carbons (Fsp3) is 0.917. The van der Waals surface area contributed by atoms with Crippen LogP contribution in [0.4, 0.5) is 0 Å². The van der Waals surface area contributed by atoms with Crippen molar-refractivity contribution in [3.05, 3.63) is 0 Å². The minimum Gasteiger partial charge on any atom is -0.459 e. The number of rotatable bonds is 3. The van der Waals surface area contributed by atoms with Gasteiger partial charge in [-0.05, 0) is 33.6 Å². The second-order valence-electron chi connectivity index (χ2n) is 5.88. The Hall–Kier alpha value is -0.620. The first-order valence-electron chi connectivity index (χ1n) is 6.31. The summed E-state index contributed by atoms with van der Waals surface area (Å²) in [6, 6.07) is -0.355. The van der Waals surface area contributed by atoms with Crippen LogP contribution in [0.2, 0.25) is 0 Å². The zero-order chi connectivity index (χ0) is 14.0. The Morgan fingerprint density at radius 3 is 2.33 bits per heavy atom. The van der Waals surface area contributed by atoms with E-state index in [9.17, 15) is 13.2 Å². The molecule has 1 aliphatic carbocycles. The van der Waals surface area contributed by atoms with Crippen molar-refractivity contribution in [1.82, 2.24) is 0 Å². The van der Waals surface area contributed by atoms with E-state index in [2.05, 4.69) is 0 Å². The summed E-state index contributed by atoms with van der Waals surface area (Å²) in [7, 11) is -3.50. The van der Waals surface area contributed by atoms with Crippen LogP contribution in [0.3, 0.4) is 0 Å². The summed E-state index contributed by atoms with van der Waals surface area (Å²) < 4.78 is 29.3. The van der Waals surface area contributed by atoms with E-state index in [1.54, 1.807) is 20.8 Å². The summed E-state index contributed by atoms with van der Waals surface area (Å²) in [5, 5.41) is -0.598. The number of hydrogen-bond acceptors (Lipinski definition) is 5. The van der Waals surface area contributed by atoms with Crippen LogP contribution in [0.15, 0.2) is 0 Å². The molecule has 1 fully saturated rings. The zero-order valence-corrected chi connectivity index (χ0v) is 12.1. The van der Waals surface area contributed by atoms with Gasteiger partial charge in [-0.1, -0.05) is 12.8 Å². The summed E-state index contributed by atoms with van der Waals surface area (Å²) in [5.41, 5.74) is 5.17. The topological polar surface area (TPSA) is 86.5 Å². The quantitative estimate of drug-likeness (QED) is 0.778. The highest BCUT2D eigenvalue weighted by Crippen LogP contribution is 2.24. The van der Waals surface area contributed by atoms with Gasteiger partial charge < -0.3 is 10.5 Å². The molecule has 0 aromatic heterocycles. The van der Waals surface area contributed by atoms with Gasteiger partial charge in [-0.25, -0.2) is 8.42 Å². The molecule has 1 aliphatic rings. The van der Waals surface area contributed by atoms with Crippen LogP contribution in [-0.2, 0) is 19.4 Å². The Morgan fingerprint density at radius 2 is 1.83 bits per heavy atom. The highest BCUT2D eigenvalue weighted by molar-refractivity contribution is 7.92. The van der Waals surface area contributed by atoms with E-state index >= 15 is 0 Å². The van der Waals surface area contributed by atoms with Crippen LogP contribution in [-0.4, -0.2) is 37.0 Å². The van der Waals surface area contributed by atoms with Gasteiger partial charge in [0.25, 0.3) is 0 Å². The van der Waals surface area contributed by atoms with Crippen molar-refractivity contribution in [2.24, 2.45) is 5.73 Å². The lowest BCUT2D eigenvalue weighted by atomic mass is 9.96. The molecule has 1 rings (SSSR count). The van der Waals surface area contributed by atoms with E-state index in [1.807, 2.05) is 0 Å². The molecule has 106 valence electrons. The number of nitrogens with two attached hydrogens (primary N) is 1. The number of esters is 1. The van der Waals surface area contributed by atoms with Crippen molar-refractivity contribution < 1.29 is 17.9 Å². The van der Waals surface area contributed by atoms with Gasteiger partial charge in [0.15, 0.2) is 9.84 Å². The smallest absolute Gasteiger partial charge is 0.321 e. The van der Waals surface area contributed by atoms with Gasteiger partial charge in [-0.2, -0.15) is 0 Å². The van der Waals surface area contributed by atoms with Crippen molar-refractivity contribution in [1.29, 1.82) is 0 Å². The summed E-state index contributed by atoms with van der Waals surface area (Å²) in [6.07, 6.45) is 3.07. The molecule has 2 atom stereocenters. The minimum atomic E-state index is -3.50. The number of sulfone groups is 1. The average Bonchev–Trinajstić information content (AvgIpc) is 2.13. The number of ether oxygens (including phenoxy) is 1. The molecule has 6 heteroatoms. The molecule has 1 saturated carbocycles. The van der Waals surface area contributed by atoms with Crippen LogP contribution < -0.4 is 5.73 Å². The lowest BCUT2D eigenvalue weighted by Crippen LogP contribution is -2.45. The van der Waals surface area contributed by atoms with Gasteiger partial charge in [-0.3, -0.25) is 4.79 Å². The molecule has 0 heterocycles. The molecular formula is C12H23NO4S. The van der Waals surface area contributed by atoms with Crippen LogP contribution in [0.5, 0.6) is 0 Å². The van der Waals surface area contributed by atoms with Crippen LogP contribution in [0.25, 0.3) is 0 Å². The molecule has 0 saturated heterocycles. The molecule has 0 bridgehead atoms. The van der Waals surface area contributed by atoms with E-state index in [1.165, 1.54) is 0 Å². The van der Waals surface area contributed by atoms with E-state index in [0.29, 0.717) is 12.8 Å². The van der Waals surface area contributed by atoms with E-state index in [4.69, 9.17) is 10.5 Å². The highest BCUT2D eigenvalue weighted by atomic mass is 32.2. The number of carbonyl (C=O) groups excluding carboxylic acids is 1. The molecule has 0 aliphatic heterocycles. The first-order chi connectivity index (χ1) is 8.12. The van der Waals surface area contributed by atoms with Gasteiger partial charge in [0.05, 0.1) is 5.25 Å². The fourth-order valence-corrected chi connectivity index (χ4v) is 4.01. The third-order valence-electron chi connectivity index (χ3n) is 2.95. The Morgan fingerprint density at radius 1 is 1.28 bits per heavy atom. The minimum absolute atomic E-state index is 0.355. The largest absolute Gasteiger partial charge is 0.459 e. The highest BCUT2D eigenvalue weighted by Gasteiger charge is 2.35. The molecule has 0 spiro atoms. The SMILES string of the molecule is CC(C)(C)OC(=O)CS(=O)(=O)C1CCCCC1N. The van der Waals surface area contributed by atoms with Gasteiger partial charge >= 0.3 is 5.97 Å². The number of hydrogen-bond donors (Lipinski definition) is 1. The van der Waals surface area contributed by atoms with Crippen LogP contribution in [0, 0.1) is 0 Å². The van der Waals surface area contributed by atoms with E-state index < -0.39 is 32.4 Å². The normalized spacial score (nSPS) is 25.8. The van der Waals surface area contributed by atoms with Crippen molar-refractivity contribution >= 4 is 15.8 Å². The van der Waals surface area contributed by atoms with E-state index in [-0.39, 0.29) is 6.04 Å². The first kappa shape index (κ1) is 15.4. The maximum atomic E-state index is 12.1. The molecule has 2 unspecified atom stereocenters. The number of carbonyl (C=O) groups is 1. The first-order valence-corrected chi connectivity index (χ1v) is 8.02. The second-order valence-corrected chi connectivity index (χ2v) is 8.10. The summed E-state index contributed by atoms with van der Waals surface area (Å²) in [5.74, 6) is -1.26. The Bertz CT molecular complexity index is 397. The molecule has 0 aromatic carbocycles. The standard InChI is InChI=1S/C12H23NO4S/c1-12(2,3)17-11(14)8-18(15,16)10-7-5-4-6-9(10)13/h9-10H,4-8,13H2,1-3H3. The molecule has 0 amide bonds. The molecule has 2 N–H and O–H groups in total. The zero-order valence-electron chi connectivity index (χ0n) is 11.3. The van der Waals surface area contributed by atoms with Gasteiger partial charge in [0, 0.05) is 6.04 Å². The van der Waals surface area contributed by atoms with Crippen molar-refractivity contribution in [2.75, 3.05) is 5.75 Å². The third kappa shape index (κ3) is 4.57. The predicted octanol–water partition coefficient (Wildman–Crippen LogP) is 1.01. The summed E-state index contributed by atoms with van der Waals surface area (Å²) in [6.45, 7) is 5.14. The van der Waals surface area contributed by atoms with Crippen molar-refractivity contribution in [2.45, 2.75) is 63.3 Å². The molecular weight excluding hydrogens is 254 g/mol. The van der Waals surface area contributed by atoms with Crippen molar-refractivity contribution in [3.8, 4) is 0 Å².